The van der Waals surface area contributed by atoms with E-state index in [1.54, 1.807) is 13.8 Å². The third-order valence-corrected chi connectivity index (χ3v) is 0.333. The van der Waals surface area contributed by atoms with Crippen LogP contribution in [0.25, 0.3) is 0 Å². The molecule has 37 valence electrons. The lowest BCUT2D eigenvalue weighted by atomic mass is 10.7. The number of aliphatic hydroxyl groups excluding tert-OH is 1. The maximum Gasteiger partial charge on any atom is 0.152 e. The predicted octanol–water partition coefficient (Wildman–Crippen LogP) is 0.523. The summed E-state index contributed by atoms with van der Waals surface area (Å²) in [6.45, 7) is 4.72. The molecule has 0 bridgehead atoms. The highest BCUT2D eigenvalue weighted by molar-refractivity contribution is 4.32. The molecule has 1 N–H and O–H groups in total. The zero-order valence-electron chi connectivity index (χ0n) is 4.01. The van der Waals surface area contributed by atoms with Crippen molar-refractivity contribution in [1.82, 2.24) is 0 Å². The molecule has 0 aliphatic rings. The van der Waals surface area contributed by atoms with E-state index >= 15 is 0 Å². The van der Waals surface area contributed by atoms with Gasteiger partial charge < -0.3 is 9.84 Å². The van der Waals surface area contributed by atoms with Gasteiger partial charge in [-0.25, -0.2) is 0 Å². The fourth-order valence-corrected chi connectivity index (χ4v) is 0.197. The van der Waals surface area contributed by atoms with Crippen molar-refractivity contribution >= 4 is 0 Å². The molecule has 0 aromatic heterocycles. The molecule has 1 radical (unpaired) electrons. The van der Waals surface area contributed by atoms with Crippen molar-refractivity contribution in [2.45, 2.75) is 20.1 Å². The van der Waals surface area contributed by atoms with Crippen LogP contribution in [0, 0.1) is 6.61 Å². The van der Waals surface area contributed by atoms with E-state index in [0.717, 1.165) is 0 Å². The van der Waals surface area contributed by atoms with Crippen LogP contribution in [0.1, 0.15) is 13.8 Å². The first-order chi connectivity index (χ1) is 2.77. The first-order valence-electron chi connectivity index (χ1n) is 1.88. The van der Waals surface area contributed by atoms with Crippen molar-refractivity contribution in [2.75, 3.05) is 0 Å². The van der Waals surface area contributed by atoms with Crippen LogP contribution in [0.15, 0.2) is 0 Å². The van der Waals surface area contributed by atoms with Gasteiger partial charge in [0.1, 0.15) is 0 Å². The van der Waals surface area contributed by atoms with E-state index in [2.05, 4.69) is 4.74 Å². The van der Waals surface area contributed by atoms with Crippen LogP contribution >= 0.6 is 0 Å². The van der Waals surface area contributed by atoms with Crippen LogP contribution in [0.3, 0.4) is 0 Å². The molecule has 0 saturated carbocycles. The number of rotatable bonds is 2. The Kier molecular flexibility index (Phi) is 3.08. The Labute approximate surface area is 37.7 Å². The average Bonchev–Trinajstić information content (AvgIpc) is 1.35. The van der Waals surface area contributed by atoms with Gasteiger partial charge in [0.15, 0.2) is 6.29 Å². The molecule has 0 aliphatic carbocycles. The highest BCUT2D eigenvalue weighted by Gasteiger charge is 1.86. The number of hydrogen-bond acceptors (Lipinski definition) is 2. The van der Waals surface area contributed by atoms with E-state index in [-0.39, 0.29) is 0 Å². The van der Waals surface area contributed by atoms with Crippen LogP contribution in [-0.2, 0) is 4.74 Å². The number of ether oxygens (including phenoxy) is 1. The SMILES string of the molecule is C[CH]OC(C)O. The van der Waals surface area contributed by atoms with Gasteiger partial charge in [0, 0.05) is 0 Å². The Morgan fingerprint density at radius 2 is 2.33 bits per heavy atom. The van der Waals surface area contributed by atoms with Crippen molar-refractivity contribution in [3.05, 3.63) is 6.61 Å². The topological polar surface area (TPSA) is 29.5 Å². The summed E-state index contributed by atoms with van der Waals surface area (Å²) in [5.41, 5.74) is 0. The molecule has 0 aromatic rings. The molecule has 0 aliphatic heterocycles. The maximum absolute atomic E-state index is 8.30. The van der Waals surface area contributed by atoms with Gasteiger partial charge >= 0.3 is 0 Å². The summed E-state index contributed by atoms with van der Waals surface area (Å²) in [7, 11) is 0. The molecule has 2 heteroatoms. The third-order valence-electron chi connectivity index (χ3n) is 0.333. The lowest BCUT2D eigenvalue weighted by Gasteiger charge is -1.98. The minimum atomic E-state index is -0.657. The summed E-state index contributed by atoms with van der Waals surface area (Å²) in [4.78, 5) is 0. The Bertz CT molecular complexity index is 26.7. The van der Waals surface area contributed by atoms with Crippen molar-refractivity contribution < 1.29 is 9.84 Å². The van der Waals surface area contributed by atoms with E-state index in [9.17, 15) is 0 Å². The average molecular weight is 89.1 g/mol. The molecule has 0 amide bonds. The second-order valence-corrected chi connectivity index (χ2v) is 0.971. The molecule has 0 aromatic carbocycles. The molecule has 0 spiro atoms. The molecule has 0 saturated heterocycles. The fraction of sp³-hybridized carbons (Fsp3) is 0.750. The van der Waals surface area contributed by atoms with Gasteiger partial charge in [-0.15, -0.1) is 0 Å². The van der Waals surface area contributed by atoms with Gasteiger partial charge in [-0.1, -0.05) is 0 Å². The molecule has 1 unspecified atom stereocenters. The van der Waals surface area contributed by atoms with Crippen molar-refractivity contribution in [1.29, 1.82) is 0 Å². The second-order valence-electron chi connectivity index (χ2n) is 0.971. The van der Waals surface area contributed by atoms with Crippen LogP contribution in [-0.4, -0.2) is 11.4 Å². The normalized spacial score (nSPS) is 14.5. The summed E-state index contributed by atoms with van der Waals surface area (Å²) in [5, 5.41) is 8.30. The van der Waals surface area contributed by atoms with Gasteiger partial charge in [0.05, 0.1) is 6.61 Å². The molecule has 0 rings (SSSR count). The second kappa shape index (κ2) is 3.12. The van der Waals surface area contributed by atoms with Crippen LogP contribution < -0.4 is 0 Å². The first-order valence-corrected chi connectivity index (χ1v) is 1.88. The van der Waals surface area contributed by atoms with Gasteiger partial charge in [0.2, 0.25) is 0 Å². The highest BCUT2D eigenvalue weighted by atomic mass is 16.6. The number of hydrogen-bond donors (Lipinski definition) is 1. The Morgan fingerprint density at radius 1 is 1.83 bits per heavy atom. The standard InChI is InChI=1S/C4H9O2/c1-3-6-4(2)5/h3-5H,1-2H3. The summed E-state index contributed by atoms with van der Waals surface area (Å²) in [6, 6.07) is 0. The fourth-order valence-electron chi connectivity index (χ4n) is 0.197. The van der Waals surface area contributed by atoms with E-state index < -0.39 is 6.29 Å². The molecular weight excluding hydrogens is 80.0 g/mol. The third kappa shape index (κ3) is 3.92. The minimum absolute atomic E-state index is 0.657. The van der Waals surface area contributed by atoms with Crippen LogP contribution in [0.5, 0.6) is 0 Å². The molecule has 1 atom stereocenters. The zero-order chi connectivity index (χ0) is 4.99. The molecule has 6 heavy (non-hydrogen) atoms. The smallest absolute Gasteiger partial charge is 0.152 e. The Morgan fingerprint density at radius 3 is 2.33 bits per heavy atom. The van der Waals surface area contributed by atoms with Gasteiger partial charge in [-0.2, -0.15) is 0 Å². The van der Waals surface area contributed by atoms with Crippen LogP contribution in [0.4, 0.5) is 0 Å². The monoisotopic (exact) mass is 89.1 g/mol. The molecular formula is C4H9O2. The molecule has 2 nitrogen and oxygen atoms in total. The van der Waals surface area contributed by atoms with Crippen LogP contribution in [0.2, 0.25) is 0 Å². The summed E-state index contributed by atoms with van der Waals surface area (Å²) in [6.07, 6.45) is -0.657. The molecule has 0 fully saturated rings. The van der Waals surface area contributed by atoms with Gasteiger partial charge in [-0.05, 0) is 13.8 Å². The van der Waals surface area contributed by atoms with Crippen molar-refractivity contribution in [3.63, 3.8) is 0 Å². The van der Waals surface area contributed by atoms with E-state index in [1.807, 2.05) is 0 Å². The lowest BCUT2D eigenvalue weighted by Crippen LogP contribution is -2.01. The van der Waals surface area contributed by atoms with Gasteiger partial charge in [-0.3, -0.25) is 0 Å². The molecule has 0 heterocycles. The Hall–Kier alpha value is -0.0800. The summed E-state index contributed by atoms with van der Waals surface area (Å²) < 4.78 is 4.47. The largest absolute Gasteiger partial charge is 0.368 e. The van der Waals surface area contributed by atoms with E-state index in [4.69, 9.17) is 5.11 Å². The summed E-state index contributed by atoms with van der Waals surface area (Å²) in [5.74, 6) is 0. The highest BCUT2D eigenvalue weighted by Crippen LogP contribution is 1.83. The Balaban J connectivity index is 2.63. The quantitative estimate of drug-likeness (QED) is 0.500. The zero-order valence-corrected chi connectivity index (χ0v) is 4.01. The van der Waals surface area contributed by atoms with Gasteiger partial charge in [0.25, 0.3) is 0 Å². The lowest BCUT2D eigenvalue weighted by molar-refractivity contribution is -0.0536. The summed E-state index contributed by atoms with van der Waals surface area (Å²) >= 11 is 0. The minimum Gasteiger partial charge on any atom is -0.368 e. The first kappa shape index (κ1) is 5.92. The van der Waals surface area contributed by atoms with Crippen molar-refractivity contribution in [3.8, 4) is 0 Å². The number of aliphatic hydroxyl groups is 1. The van der Waals surface area contributed by atoms with Crippen molar-refractivity contribution in [2.24, 2.45) is 0 Å². The van der Waals surface area contributed by atoms with E-state index in [1.165, 1.54) is 6.61 Å². The van der Waals surface area contributed by atoms with E-state index in [0.29, 0.717) is 0 Å². The predicted molar refractivity (Wildman–Crippen MR) is 22.7 cm³/mol. The maximum atomic E-state index is 8.30.